The van der Waals surface area contributed by atoms with Crippen LogP contribution in [0.15, 0.2) is 18.2 Å². The molecular weight excluding hydrogens is 244 g/mol. The summed E-state index contributed by atoms with van der Waals surface area (Å²) >= 11 is 1.71. The van der Waals surface area contributed by atoms with Crippen LogP contribution in [0.1, 0.15) is 5.56 Å². The van der Waals surface area contributed by atoms with Gasteiger partial charge in [0.15, 0.2) is 5.78 Å². The lowest BCUT2D eigenvalue weighted by Crippen LogP contribution is -2.44. The molecule has 0 bridgehead atoms. The first kappa shape index (κ1) is 12.5. The summed E-state index contributed by atoms with van der Waals surface area (Å²) in [4.78, 5) is 11.9. The highest BCUT2D eigenvalue weighted by molar-refractivity contribution is 7.99. The Balaban J connectivity index is 2.02. The van der Waals surface area contributed by atoms with Crippen molar-refractivity contribution in [2.24, 2.45) is 0 Å². The van der Waals surface area contributed by atoms with Gasteiger partial charge < -0.3 is 5.32 Å². The second kappa shape index (κ2) is 5.60. The summed E-state index contributed by atoms with van der Waals surface area (Å²) in [6.07, 6.45) is 0.0182. The molecule has 1 heterocycles. The van der Waals surface area contributed by atoms with E-state index in [0.717, 1.165) is 24.1 Å². The molecule has 1 aliphatic rings. The number of nitrogens with one attached hydrogen (secondary N) is 1. The summed E-state index contributed by atoms with van der Waals surface area (Å²) in [7, 11) is 0. The number of benzene rings is 1. The first-order valence-corrected chi connectivity index (χ1v) is 6.60. The summed E-state index contributed by atoms with van der Waals surface area (Å²) in [5, 5.41) is 3.10. The van der Waals surface area contributed by atoms with Crippen LogP contribution in [-0.4, -0.2) is 29.9 Å². The number of carbonyl (C=O) groups is 1. The molecule has 1 aromatic rings. The maximum absolute atomic E-state index is 13.4. The van der Waals surface area contributed by atoms with E-state index >= 15 is 0 Å². The first-order chi connectivity index (χ1) is 8.16. The highest BCUT2D eigenvalue weighted by atomic mass is 32.2. The van der Waals surface area contributed by atoms with E-state index in [1.165, 1.54) is 12.1 Å². The molecule has 5 heteroatoms. The molecule has 1 N–H and O–H groups in total. The van der Waals surface area contributed by atoms with Crippen LogP contribution in [-0.2, 0) is 11.2 Å². The number of carbonyl (C=O) groups excluding carboxylic acids is 1. The van der Waals surface area contributed by atoms with Gasteiger partial charge >= 0.3 is 0 Å². The normalized spacial score (nSPS) is 20.2. The number of thioether (sulfide) groups is 1. The summed E-state index contributed by atoms with van der Waals surface area (Å²) in [6, 6.07) is 3.11. The van der Waals surface area contributed by atoms with Crippen LogP contribution in [0.4, 0.5) is 8.78 Å². The summed E-state index contributed by atoms with van der Waals surface area (Å²) in [5.41, 5.74) is 0.258. The highest BCUT2D eigenvalue weighted by Gasteiger charge is 2.21. The fourth-order valence-corrected chi connectivity index (χ4v) is 2.72. The number of Topliss-reactive ketones (excluding diaryl/α,β-unsaturated/α-hetero) is 1. The minimum atomic E-state index is -0.651. The van der Waals surface area contributed by atoms with Gasteiger partial charge in [-0.05, 0) is 11.6 Å². The lowest BCUT2D eigenvalue weighted by Gasteiger charge is -2.21. The first-order valence-electron chi connectivity index (χ1n) is 5.44. The predicted octanol–water partition coefficient (Wildman–Crippen LogP) is 1.78. The third-order valence-electron chi connectivity index (χ3n) is 2.69. The fourth-order valence-electron chi connectivity index (χ4n) is 1.75. The molecule has 17 heavy (non-hydrogen) atoms. The van der Waals surface area contributed by atoms with Crippen molar-refractivity contribution in [1.29, 1.82) is 0 Å². The molecule has 92 valence electrons. The minimum Gasteiger partial charge on any atom is -0.306 e. The molecule has 1 aromatic carbocycles. The molecule has 0 saturated carbocycles. The molecule has 0 spiro atoms. The Morgan fingerprint density at radius 1 is 1.47 bits per heavy atom. The van der Waals surface area contributed by atoms with Gasteiger partial charge in [0.2, 0.25) is 0 Å². The van der Waals surface area contributed by atoms with Crippen molar-refractivity contribution in [2.45, 2.75) is 12.5 Å². The van der Waals surface area contributed by atoms with Crippen LogP contribution in [0.2, 0.25) is 0 Å². The molecule has 2 nitrogen and oxygen atoms in total. The Morgan fingerprint density at radius 3 is 2.94 bits per heavy atom. The van der Waals surface area contributed by atoms with E-state index in [1.807, 2.05) is 0 Å². The standard InChI is InChI=1S/C12H13F2NOS/c13-9-2-1-8(10(14)6-9)5-12(16)11-7-17-4-3-15-11/h1-2,6,11,15H,3-5,7H2. The van der Waals surface area contributed by atoms with Gasteiger partial charge in [-0.2, -0.15) is 11.8 Å². The molecule has 2 rings (SSSR count). The monoisotopic (exact) mass is 257 g/mol. The maximum Gasteiger partial charge on any atom is 0.155 e. The quantitative estimate of drug-likeness (QED) is 0.895. The molecule has 0 aliphatic carbocycles. The Labute approximate surface area is 103 Å². The zero-order valence-corrected chi connectivity index (χ0v) is 10.0. The van der Waals surface area contributed by atoms with Gasteiger partial charge in [-0.25, -0.2) is 8.78 Å². The molecule has 1 aliphatic heterocycles. The van der Waals surface area contributed by atoms with Gasteiger partial charge in [-0.3, -0.25) is 4.79 Å². The largest absolute Gasteiger partial charge is 0.306 e. The van der Waals surface area contributed by atoms with E-state index in [9.17, 15) is 13.6 Å². The van der Waals surface area contributed by atoms with Crippen molar-refractivity contribution in [3.8, 4) is 0 Å². The molecule has 0 aromatic heterocycles. The zero-order chi connectivity index (χ0) is 12.3. The molecular formula is C12H13F2NOS. The topological polar surface area (TPSA) is 29.1 Å². The van der Waals surface area contributed by atoms with Crippen molar-refractivity contribution in [1.82, 2.24) is 5.32 Å². The third kappa shape index (κ3) is 3.26. The minimum absolute atomic E-state index is 0.0182. The van der Waals surface area contributed by atoms with Crippen molar-refractivity contribution < 1.29 is 13.6 Å². The highest BCUT2D eigenvalue weighted by Crippen LogP contribution is 2.14. The lowest BCUT2D eigenvalue weighted by atomic mass is 10.0. The average Bonchev–Trinajstić information content (AvgIpc) is 2.34. The van der Waals surface area contributed by atoms with Crippen molar-refractivity contribution in [3.05, 3.63) is 35.4 Å². The van der Waals surface area contributed by atoms with E-state index in [2.05, 4.69) is 5.32 Å². The number of hydrogen-bond donors (Lipinski definition) is 1. The van der Waals surface area contributed by atoms with E-state index < -0.39 is 11.6 Å². The van der Waals surface area contributed by atoms with Gasteiger partial charge in [-0.1, -0.05) is 6.07 Å². The molecule has 1 saturated heterocycles. The summed E-state index contributed by atoms with van der Waals surface area (Å²) < 4.78 is 26.1. The Kier molecular flexibility index (Phi) is 4.12. The average molecular weight is 257 g/mol. The van der Waals surface area contributed by atoms with Crippen molar-refractivity contribution >= 4 is 17.5 Å². The Morgan fingerprint density at radius 2 is 2.29 bits per heavy atom. The van der Waals surface area contributed by atoms with E-state index in [4.69, 9.17) is 0 Å². The number of ketones is 1. The van der Waals surface area contributed by atoms with Crippen LogP contribution >= 0.6 is 11.8 Å². The fraction of sp³-hybridized carbons (Fsp3) is 0.417. The van der Waals surface area contributed by atoms with Crippen LogP contribution in [0, 0.1) is 11.6 Å². The number of rotatable bonds is 3. The smallest absolute Gasteiger partial charge is 0.155 e. The second-order valence-corrected chi connectivity index (χ2v) is 5.11. The van der Waals surface area contributed by atoms with Crippen molar-refractivity contribution in [3.63, 3.8) is 0 Å². The zero-order valence-electron chi connectivity index (χ0n) is 9.21. The number of halogens is 2. The Bertz CT molecular complexity index is 419. The second-order valence-electron chi connectivity index (χ2n) is 3.96. The molecule has 0 amide bonds. The van der Waals surface area contributed by atoms with Gasteiger partial charge in [0.1, 0.15) is 11.6 Å². The molecule has 0 radical (unpaired) electrons. The predicted molar refractivity (Wildman–Crippen MR) is 64.2 cm³/mol. The lowest BCUT2D eigenvalue weighted by molar-refractivity contribution is -0.120. The number of hydrogen-bond acceptors (Lipinski definition) is 3. The molecule has 1 fully saturated rings. The molecule has 1 atom stereocenters. The van der Waals surface area contributed by atoms with Crippen LogP contribution < -0.4 is 5.32 Å². The summed E-state index contributed by atoms with van der Waals surface area (Å²) in [5.74, 6) is 0.408. The third-order valence-corrected chi connectivity index (χ3v) is 3.75. The van der Waals surface area contributed by atoms with Crippen molar-refractivity contribution in [2.75, 3.05) is 18.1 Å². The van der Waals surface area contributed by atoms with Crippen LogP contribution in [0.25, 0.3) is 0 Å². The van der Waals surface area contributed by atoms with Gasteiger partial charge in [0.05, 0.1) is 6.04 Å². The molecule has 1 unspecified atom stereocenters. The summed E-state index contributed by atoms with van der Waals surface area (Å²) in [6.45, 7) is 0.799. The van der Waals surface area contributed by atoms with E-state index in [1.54, 1.807) is 11.8 Å². The Hall–Kier alpha value is -0.940. The SMILES string of the molecule is O=C(Cc1ccc(F)cc1F)C1CSCCN1. The maximum atomic E-state index is 13.4. The van der Waals surface area contributed by atoms with Gasteiger partial charge in [-0.15, -0.1) is 0 Å². The van der Waals surface area contributed by atoms with Gasteiger partial charge in [0, 0.05) is 30.5 Å². The van der Waals surface area contributed by atoms with E-state index in [0.29, 0.717) is 0 Å². The van der Waals surface area contributed by atoms with Gasteiger partial charge in [0.25, 0.3) is 0 Å². The van der Waals surface area contributed by atoms with Crippen LogP contribution in [0.3, 0.4) is 0 Å². The van der Waals surface area contributed by atoms with Crippen LogP contribution in [0.5, 0.6) is 0 Å². The van der Waals surface area contributed by atoms with E-state index in [-0.39, 0.29) is 23.8 Å².